The molecule has 2 heterocycles. The molecule has 0 radical (unpaired) electrons. The van der Waals surface area contributed by atoms with Crippen molar-refractivity contribution in [2.75, 3.05) is 0 Å². The van der Waals surface area contributed by atoms with Gasteiger partial charge in [-0.1, -0.05) is 0 Å². The fourth-order valence-corrected chi connectivity index (χ4v) is 2.35. The van der Waals surface area contributed by atoms with Crippen molar-refractivity contribution < 1.29 is 9.12 Å². The Bertz CT molecular complexity index is 545. The molecule has 0 unspecified atom stereocenters. The van der Waals surface area contributed by atoms with Crippen molar-refractivity contribution in [3.05, 3.63) is 47.3 Å². The molecule has 88 valence electrons. The zero-order valence-electron chi connectivity index (χ0n) is 9.40. The SMILES string of the molecule is [O-][n+]1c(-c2ccc(F)cc2)cn2c1CCCC2. The second-order valence-electron chi connectivity index (χ2n) is 4.38. The van der Waals surface area contributed by atoms with Crippen molar-refractivity contribution in [3.8, 4) is 11.3 Å². The van der Waals surface area contributed by atoms with E-state index in [0.29, 0.717) is 5.69 Å². The standard InChI is InChI=1S/C13H13FN2O/c14-11-6-4-10(5-7-11)12-9-15-8-2-1-3-13(15)16(12)17/h4-7,9H,1-3,8H2. The van der Waals surface area contributed by atoms with Gasteiger partial charge in [0.05, 0.1) is 6.54 Å². The number of halogens is 1. The smallest absolute Gasteiger partial charge is 0.259 e. The third-order valence-corrected chi connectivity index (χ3v) is 3.25. The summed E-state index contributed by atoms with van der Waals surface area (Å²) in [7, 11) is 0. The number of fused-ring (bicyclic) bond motifs is 1. The van der Waals surface area contributed by atoms with E-state index in [1.165, 1.54) is 12.1 Å². The zero-order chi connectivity index (χ0) is 11.8. The predicted octanol–water partition coefficient (Wildman–Crippen LogP) is 2.26. The molecule has 1 aromatic carbocycles. The third kappa shape index (κ3) is 1.69. The van der Waals surface area contributed by atoms with Crippen LogP contribution in [0.5, 0.6) is 0 Å². The van der Waals surface area contributed by atoms with Gasteiger partial charge >= 0.3 is 0 Å². The van der Waals surface area contributed by atoms with Crippen molar-refractivity contribution in [3.63, 3.8) is 0 Å². The molecular weight excluding hydrogens is 219 g/mol. The Kier molecular flexibility index (Phi) is 2.35. The summed E-state index contributed by atoms with van der Waals surface area (Å²) in [5, 5.41) is 12.1. The van der Waals surface area contributed by atoms with Gasteiger partial charge in [0, 0.05) is 12.0 Å². The van der Waals surface area contributed by atoms with Crippen LogP contribution in [0.4, 0.5) is 4.39 Å². The van der Waals surface area contributed by atoms with Crippen molar-refractivity contribution >= 4 is 0 Å². The molecule has 0 amide bonds. The minimum Gasteiger partial charge on any atom is -0.710 e. The summed E-state index contributed by atoms with van der Waals surface area (Å²) >= 11 is 0. The molecule has 0 bridgehead atoms. The largest absolute Gasteiger partial charge is 0.710 e. The molecule has 0 aliphatic carbocycles. The van der Waals surface area contributed by atoms with Gasteiger partial charge in [0.1, 0.15) is 12.0 Å². The van der Waals surface area contributed by atoms with Crippen molar-refractivity contribution in [2.45, 2.75) is 25.8 Å². The van der Waals surface area contributed by atoms with Gasteiger partial charge in [-0.15, -0.1) is 0 Å². The molecule has 4 heteroatoms. The lowest BCUT2D eigenvalue weighted by atomic mass is 10.2. The number of rotatable bonds is 1. The lowest BCUT2D eigenvalue weighted by Crippen LogP contribution is -2.34. The van der Waals surface area contributed by atoms with Gasteiger partial charge in [-0.05, 0) is 37.1 Å². The fraction of sp³-hybridized carbons (Fsp3) is 0.308. The van der Waals surface area contributed by atoms with Gasteiger partial charge < -0.3 is 5.21 Å². The number of hydrogen-bond acceptors (Lipinski definition) is 1. The highest BCUT2D eigenvalue weighted by Gasteiger charge is 2.22. The molecule has 0 spiro atoms. The number of nitrogens with zero attached hydrogens (tertiary/aromatic N) is 2. The molecule has 1 aromatic heterocycles. The fourth-order valence-electron chi connectivity index (χ4n) is 2.35. The van der Waals surface area contributed by atoms with Crippen LogP contribution >= 0.6 is 0 Å². The summed E-state index contributed by atoms with van der Waals surface area (Å²) in [4.78, 5) is 0. The van der Waals surface area contributed by atoms with E-state index < -0.39 is 0 Å². The van der Waals surface area contributed by atoms with Crippen LogP contribution in [0.2, 0.25) is 0 Å². The van der Waals surface area contributed by atoms with E-state index in [-0.39, 0.29) is 5.82 Å². The van der Waals surface area contributed by atoms with Crippen LogP contribution in [0.3, 0.4) is 0 Å². The first-order valence-electron chi connectivity index (χ1n) is 5.83. The second-order valence-corrected chi connectivity index (χ2v) is 4.38. The molecule has 0 saturated carbocycles. The normalized spacial score (nSPS) is 14.6. The summed E-state index contributed by atoms with van der Waals surface area (Å²) in [6.45, 7) is 0.902. The Balaban J connectivity index is 2.09. The van der Waals surface area contributed by atoms with Gasteiger partial charge in [-0.25, -0.2) is 13.7 Å². The number of aryl methyl sites for hydroxylation is 1. The van der Waals surface area contributed by atoms with Crippen LogP contribution in [0.1, 0.15) is 18.7 Å². The van der Waals surface area contributed by atoms with Crippen LogP contribution in [-0.2, 0) is 13.0 Å². The maximum Gasteiger partial charge on any atom is 0.259 e. The summed E-state index contributed by atoms with van der Waals surface area (Å²) in [5.74, 6) is 0.533. The Morgan fingerprint density at radius 2 is 1.94 bits per heavy atom. The number of imidazole rings is 1. The van der Waals surface area contributed by atoms with Crippen molar-refractivity contribution in [2.24, 2.45) is 0 Å². The van der Waals surface area contributed by atoms with E-state index in [4.69, 9.17) is 0 Å². The number of aromatic nitrogens is 2. The average Bonchev–Trinajstić information content (AvgIpc) is 2.69. The Hall–Kier alpha value is -1.84. The summed E-state index contributed by atoms with van der Waals surface area (Å²) < 4.78 is 15.8. The predicted molar refractivity (Wildman–Crippen MR) is 61.7 cm³/mol. The molecule has 0 fully saturated rings. The molecule has 1 aliphatic rings. The van der Waals surface area contributed by atoms with E-state index in [2.05, 4.69) is 0 Å². The Labute approximate surface area is 98.7 Å². The average molecular weight is 232 g/mol. The molecule has 3 rings (SSSR count). The molecule has 3 nitrogen and oxygen atoms in total. The summed E-state index contributed by atoms with van der Waals surface area (Å²) in [6.07, 6.45) is 4.87. The lowest BCUT2D eigenvalue weighted by Gasteiger charge is -2.11. The third-order valence-electron chi connectivity index (χ3n) is 3.25. The van der Waals surface area contributed by atoms with Gasteiger partial charge in [0.25, 0.3) is 5.82 Å². The lowest BCUT2D eigenvalue weighted by molar-refractivity contribution is -0.603. The number of benzene rings is 1. The van der Waals surface area contributed by atoms with E-state index in [9.17, 15) is 9.60 Å². The van der Waals surface area contributed by atoms with Crippen LogP contribution in [0.25, 0.3) is 11.3 Å². The van der Waals surface area contributed by atoms with Gasteiger partial charge in [-0.3, -0.25) is 0 Å². The minimum atomic E-state index is -0.282. The quantitative estimate of drug-likeness (QED) is 0.548. The van der Waals surface area contributed by atoms with Crippen molar-refractivity contribution in [1.82, 2.24) is 4.57 Å². The molecule has 17 heavy (non-hydrogen) atoms. The van der Waals surface area contributed by atoms with E-state index in [1.54, 1.807) is 12.1 Å². The molecule has 0 N–H and O–H groups in total. The highest BCUT2D eigenvalue weighted by atomic mass is 19.1. The highest BCUT2D eigenvalue weighted by molar-refractivity contribution is 5.55. The Morgan fingerprint density at radius 3 is 2.65 bits per heavy atom. The second kappa shape index (κ2) is 3.87. The first-order chi connectivity index (χ1) is 8.25. The Morgan fingerprint density at radius 1 is 1.18 bits per heavy atom. The summed E-state index contributed by atoms with van der Waals surface area (Å²) in [5.41, 5.74) is 1.38. The highest BCUT2D eigenvalue weighted by Crippen LogP contribution is 2.20. The molecule has 1 aliphatic heterocycles. The van der Waals surface area contributed by atoms with Crippen LogP contribution in [0.15, 0.2) is 30.5 Å². The maximum atomic E-state index is 12.8. The molecule has 0 saturated heterocycles. The first kappa shape index (κ1) is 10.3. The van der Waals surface area contributed by atoms with E-state index in [0.717, 1.165) is 41.9 Å². The maximum absolute atomic E-state index is 12.8. The number of hydrogen-bond donors (Lipinski definition) is 0. The molecule has 2 aromatic rings. The monoisotopic (exact) mass is 232 g/mol. The molecular formula is C13H13FN2O. The topological polar surface area (TPSA) is 31.9 Å². The molecule has 0 atom stereocenters. The minimum absolute atomic E-state index is 0.282. The van der Waals surface area contributed by atoms with E-state index >= 15 is 0 Å². The van der Waals surface area contributed by atoms with Crippen LogP contribution in [-0.4, -0.2) is 4.57 Å². The van der Waals surface area contributed by atoms with E-state index in [1.807, 2.05) is 10.8 Å². The van der Waals surface area contributed by atoms with Crippen LogP contribution < -0.4 is 4.73 Å². The van der Waals surface area contributed by atoms with Gasteiger partial charge in [0.15, 0.2) is 5.69 Å². The van der Waals surface area contributed by atoms with Crippen LogP contribution in [0, 0.1) is 11.0 Å². The van der Waals surface area contributed by atoms with Crippen molar-refractivity contribution in [1.29, 1.82) is 0 Å². The zero-order valence-corrected chi connectivity index (χ0v) is 9.40. The van der Waals surface area contributed by atoms with Gasteiger partial charge in [-0.2, -0.15) is 0 Å². The van der Waals surface area contributed by atoms with Gasteiger partial charge in [0.2, 0.25) is 0 Å². The first-order valence-corrected chi connectivity index (χ1v) is 5.83. The summed E-state index contributed by atoms with van der Waals surface area (Å²) in [6, 6.07) is 6.05.